The van der Waals surface area contributed by atoms with E-state index in [1.807, 2.05) is 0 Å². The molecule has 4 heteroatoms. The van der Waals surface area contributed by atoms with Crippen LogP contribution in [0.25, 0.3) is 0 Å². The van der Waals surface area contributed by atoms with Crippen molar-refractivity contribution >= 4 is 0 Å². The minimum Gasteiger partial charge on any atom is -0.394 e. The third kappa shape index (κ3) is 6.23. The highest BCUT2D eigenvalue weighted by molar-refractivity contribution is 4.88. The topological polar surface area (TPSA) is 38.7 Å². The van der Waals surface area contributed by atoms with Gasteiger partial charge in [0, 0.05) is 24.2 Å². The number of nitrogens with zero attached hydrogens (tertiary/aromatic N) is 2. The molecule has 0 radical (unpaired) electrons. The molecule has 2 unspecified atom stereocenters. The standard InChI is InChI=1S/C17H37N3O/c1-6-17(14-21,18-15(2)3)10-8-11-19(4)13-16-9-7-12-20(16)5/h15-16,18,21H,6-14H2,1-5H3. The van der Waals surface area contributed by atoms with Crippen molar-refractivity contribution in [2.75, 3.05) is 40.3 Å². The first-order chi connectivity index (χ1) is 9.92. The number of aliphatic hydroxyl groups excluding tert-OH is 1. The normalized spacial score (nSPS) is 23.1. The summed E-state index contributed by atoms with van der Waals surface area (Å²) in [5.74, 6) is 0. The maximum absolute atomic E-state index is 9.77. The molecule has 0 amide bonds. The molecule has 1 saturated heterocycles. The van der Waals surface area contributed by atoms with Crippen LogP contribution in [0.2, 0.25) is 0 Å². The smallest absolute Gasteiger partial charge is 0.0613 e. The predicted octanol–water partition coefficient (Wildman–Crippen LogP) is 1.93. The molecular formula is C17H37N3O. The van der Waals surface area contributed by atoms with Gasteiger partial charge in [0.15, 0.2) is 0 Å². The van der Waals surface area contributed by atoms with Gasteiger partial charge >= 0.3 is 0 Å². The minimum atomic E-state index is -0.0981. The van der Waals surface area contributed by atoms with Crippen LogP contribution in [-0.4, -0.2) is 72.9 Å². The van der Waals surface area contributed by atoms with Crippen molar-refractivity contribution in [2.24, 2.45) is 0 Å². The highest BCUT2D eigenvalue weighted by atomic mass is 16.3. The van der Waals surface area contributed by atoms with E-state index >= 15 is 0 Å². The van der Waals surface area contributed by atoms with Gasteiger partial charge in [-0.05, 0) is 59.3 Å². The molecule has 0 spiro atoms. The third-order valence-corrected chi connectivity index (χ3v) is 4.96. The van der Waals surface area contributed by atoms with Gasteiger partial charge in [0.05, 0.1) is 6.61 Å². The summed E-state index contributed by atoms with van der Waals surface area (Å²) >= 11 is 0. The van der Waals surface area contributed by atoms with Crippen molar-refractivity contribution in [3.63, 3.8) is 0 Å². The Morgan fingerprint density at radius 3 is 2.62 bits per heavy atom. The Morgan fingerprint density at radius 2 is 2.14 bits per heavy atom. The van der Waals surface area contributed by atoms with Crippen LogP contribution in [0, 0.1) is 0 Å². The van der Waals surface area contributed by atoms with Crippen LogP contribution in [0.15, 0.2) is 0 Å². The van der Waals surface area contributed by atoms with Crippen LogP contribution < -0.4 is 5.32 Å². The average Bonchev–Trinajstić information content (AvgIpc) is 2.82. The zero-order chi connectivity index (χ0) is 15.9. The molecule has 1 rings (SSSR count). The van der Waals surface area contributed by atoms with Gasteiger partial charge in [0.25, 0.3) is 0 Å². The van der Waals surface area contributed by atoms with Crippen molar-refractivity contribution in [3.8, 4) is 0 Å². The fraction of sp³-hybridized carbons (Fsp3) is 1.00. The van der Waals surface area contributed by atoms with Crippen molar-refractivity contribution in [1.29, 1.82) is 0 Å². The van der Waals surface area contributed by atoms with Crippen LogP contribution in [0.3, 0.4) is 0 Å². The van der Waals surface area contributed by atoms with Crippen molar-refractivity contribution in [2.45, 2.75) is 70.5 Å². The van der Waals surface area contributed by atoms with E-state index in [0.717, 1.165) is 31.8 Å². The van der Waals surface area contributed by atoms with E-state index < -0.39 is 0 Å². The van der Waals surface area contributed by atoms with E-state index in [1.54, 1.807) is 0 Å². The zero-order valence-electron chi connectivity index (χ0n) is 14.9. The molecule has 21 heavy (non-hydrogen) atoms. The largest absolute Gasteiger partial charge is 0.394 e. The molecule has 1 aliphatic heterocycles. The molecular weight excluding hydrogens is 262 g/mol. The molecule has 0 saturated carbocycles. The average molecular weight is 300 g/mol. The Kier molecular flexibility index (Phi) is 8.17. The Bertz CT molecular complexity index is 279. The van der Waals surface area contributed by atoms with Crippen molar-refractivity contribution in [3.05, 3.63) is 0 Å². The lowest BCUT2D eigenvalue weighted by Crippen LogP contribution is -2.51. The summed E-state index contributed by atoms with van der Waals surface area (Å²) < 4.78 is 0. The molecule has 1 fully saturated rings. The number of rotatable bonds is 10. The summed E-state index contributed by atoms with van der Waals surface area (Å²) in [5.41, 5.74) is -0.0981. The summed E-state index contributed by atoms with van der Waals surface area (Å²) in [5, 5.41) is 13.3. The van der Waals surface area contributed by atoms with E-state index in [2.05, 4.69) is 50.0 Å². The van der Waals surface area contributed by atoms with E-state index in [0.29, 0.717) is 6.04 Å². The van der Waals surface area contributed by atoms with Crippen molar-refractivity contribution in [1.82, 2.24) is 15.1 Å². The fourth-order valence-electron chi connectivity index (χ4n) is 3.55. The monoisotopic (exact) mass is 299 g/mol. The van der Waals surface area contributed by atoms with Gasteiger partial charge < -0.3 is 20.2 Å². The Labute approximate surface area is 131 Å². The molecule has 0 aromatic heterocycles. The lowest BCUT2D eigenvalue weighted by Gasteiger charge is -2.35. The van der Waals surface area contributed by atoms with Crippen LogP contribution in [-0.2, 0) is 0 Å². The summed E-state index contributed by atoms with van der Waals surface area (Å²) in [6.07, 6.45) is 5.85. The predicted molar refractivity (Wildman–Crippen MR) is 90.8 cm³/mol. The lowest BCUT2D eigenvalue weighted by atomic mass is 9.90. The third-order valence-electron chi connectivity index (χ3n) is 4.96. The van der Waals surface area contributed by atoms with Crippen molar-refractivity contribution < 1.29 is 5.11 Å². The minimum absolute atomic E-state index is 0.0981. The molecule has 2 N–H and O–H groups in total. The lowest BCUT2D eigenvalue weighted by molar-refractivity contribution is 0.129. The van der Waals surface area contributed by atoms with Gasteiger partial charge in [-0.1, -0.05) is 20.8 Å². The number of nitrogens with one attached hydrogen (secondary N) is 1. The van der Waals surface area contributed by atoms with Crippen LogP contribution in [0.4, 0.5) is 0 Å². The van der Waals surface area contributed by atoms with E-state index in [1.165, 1.54) is 25.9 Å². The molecule has 0 aromatic carbocycles. The van der Waals surface area contributed by atoms with Gasteiger partial charge in [0.1, 0.15) is 0 Å². The van der Waals surface area contributed by atoms with Gasteiger partial charge in [-0.2, -0.15) is 0 Å². The Morgan fingerprint density at radius 1 is 1.43 bits per heavy atom. The number of hydrogen-bond donors (Lipinski definition) is 2. The summed E-state index contributed by atoms with van der Waals surface area (Å²) in [6, 6.07) is 1.15. The second-order valence-corrected chi connectivity index (χ2v) is 7.23. The Balaban J connectivity index is 2.32. The SMILES string of the molecule is CCC(CO)(CCCN(C)CC1CCCN1C)NC(C)C. The maximum Gasteiger partial charge on any atom is 0.0613 e. The first-order valence-electron chi connectivity index (χ1n) is 8.70. The van der Waals surface area contributed by atoms with Crippen LogP contribution in [0.5, 0.6) is 0 Å². The molecule has 1 heterocycles. The molecule has 4 nitrogen and oxygen atoms in total. The maximum atomic E-state index is 9.77. The number of likely N-dealkylation sites (N-methyl/N-ethyl adjacent to an activating group) is 2. The second kappa shape index (κ2) is 9.09. The highest BCUT2D eigenvalue weighted by Gasteiger charge is 2.27. The first-order valence-corrected chi connectivity index (χ1v) is 8.70. The van der Waals surface area contributed by atoms with Gasteiger partial charge in [-0.3, -0.25) is 0 Å². The molecule has 2 atom stereocenters. The fourth-order valence-corrected chi connectivity index (χ4v) is 3.55. The first kappa shape index (κ1) is 18.9. The zero-order valence-corrected chi connectivity index (χ0v) is 14.9. The molecule has 0 aliphatic carbocycles. The molecule has 1 aliphatic rings. The van der Waals surface area contributed by atoms with Crippen LogP contribution >= 0.6 is 0 Å². The molecule has 0 aromatic rings. The number of aliphatic hydroxyl groups is 1. The molecule has 0 bridgehead atoms. The van der Waals surface area contributed by atoms with E-state index in [9.17, 15) is 5.11 Å². The van der Waals surface area contributed by atoms with Gasteiger partial charge in [-0.25, -0.2) is 0 Å². The number of hydrogen-bond acceptors (Lipinski definition) is 4. The highest BCUT2D eigenvalue weighted by Crippen LogP contribution is 2.19. The summed E-state index contributed by atoms with van der Waals surface area (Å²) in [7, 11) is 4.47. The molecule has 126 valence electrons. The Hall–Kier alpha value is -0.160. The quantitative estimate of drug-likeness (QED) is 0.646. The second-order valence-electron chi connectivity index (χ2n) is 7.23. The summed E-state index contributed by atoms with van der Waals surface area (Å²) in [4.78, 5) is 4.94. The van der Waals surface area contributed by atoms with E-state index in [4.69, 9.17) is 0 Å². The van der Waals surface area contributed by atoms with Gasteiger partial charge in [0.2, 0.25) is 0 Å². The number of likely N-dealkylation sites (tertiary alicyclic amines) is 1. The van der Waals surface area contributed by atoms with E-state index in [-0.39, 0.29) is 12.1 Å². The summed E-state index contributed by atoms with van der Waals surface area (Å²) in [6.45, 7) is 10.3. The van der Waals surface area contributed by atoms with Crippen LogP contribution in [0.1, 0.15) is 52.9 Å². The van der Waals surface area contributed by atoms with Gasteiger partial charge in [-0.15, -0.1) is 0 Å².